The van der Waals surface area contributed by atoms with Gasteiger partial charge in [0.1, 0.15) is 0 Å². The molecule has 94 valence electrons. The van der Waals surface area contributed by atoms with Crippen molar-refractivity contribution in [1.82, 2.24) is 4.90 Å². The van der Waals surface area contributed by atoms with Gasteiger partial charge in [0.25, 0.3) is 0 Å². The average Bonchev–Trinajstić information content (AvgIpc) is 2.33. The molecule has 1 saturated heterocycles. The summed E-state index contributed by atoms with van der Waals surface area (Å²) >= 11 is 12.3. The van der Waals surface area contributed by atoms with E-state index in [-0.39, 0.29) is 0 Å². The van der Waals surface area contributed by atoms with Gasteiger partial charge in [-0.15, -0.1) is 11.6 Å². The van der Waals surface area contributed by atoms with E-state index in [1.54, 1.807) is 0 Å². The Labute approximate surface area is 114 Å². The first-order valence-corrected chi connectivity index (χ1v) is 7.08. The van der Waals surface area contributed by atoms with E-state index in [0.717, 1.165) is 24.7 Å². The first-order chi connectivity index (χ1) is 8.16. The molecule has 1 aromatic carbocycles. The van der Waals surface area contributed by atoms with E-state index < -0.39 is 0 Å². The van der Waals surface area contributed by atoms with Crippen molar-refractivity contribution in [2.75, 3.05) is 13.1 Å². The fourth-order valence-electron chi connectivity index (χ4n) is 2.44. The number of nitrogens with zero attached hydrogens (tertiary/aromatic N) is 1. The number of benzene rings is 1. The number of piperidine rings is 1. The molecule has 0 N–H and O–H groups in total. The van der Waals surface area contributed by atoms with E-state index >= 15 is 0 Å². The van der Waals surface area contributed by atoms with Crippen LogP contribution >= 0.6 is 23.2 Å². The maximum Gasteiger partial charge on any atom is 0.0451 e. The minimum Gasteiger partial charge on any atom is -0.299 e. The van der Waals surface area contributed by atoms with Gasteiger partial charge >= 0.3 is 0 Å². The van der Waals surface area contributed by atoms with Crippen LogP contribution in [0.1, 0.15) is 25.3 Å². The Morgan fingerprint density at radius 2 is 1.94 bits per heavy atom. The van der Waals surface area contributed by atoms with Crippen molar-refractivity contribution < 1.29 is 0 Å². The fraction of sp³-hybridized carbons (Fsp3) is 0.571. The monoisotopic (exact) mass is 271 g/mol. The van der Waals surface area contributed by atoms with Crippen molar-refractivity contribution >= 4 is 23.2 Å². The lowest BCUT2D eigenvalue weighted by atomic mass is 9.94. The number of hydrogen-bond donors (Lipinski definition) is 0. The zero-order chi connectivity index (χ0) is 12.3. The smallest absolute Gasteiger partial charge is 0.0451 e. The second kappa shape index (κ2) is 6.08. The predicted molar refractivity (Wildman–Crippen MR) is 74.8 cm³/mol. The number of likely N-dealkylation sites (tertiary alicyclic amines) is 1. The molecule has 0 amide bonds. The fourth-order valence-corrected chi connectivity index (χ4v) is 2.89. The van der Waals surface area contributed by atoms with E-state index in [9.17, 15) is 0 Å². The molecule has 0 spiro atoms. The lowest BCUT2D eigenvalue weighted by Crippen LogP contribution is -2.35. The third-order valence-electron chi connectivity index (χ3n) is 3.63. The molecule has 1 fully saturated rings. The van der Waals surface area contributed by atoms with Crippen LogP contribution in [0, 0.1) is 5.92 Å². The normalized spacial score (nSPS) is 20.4. The van der Waals surface area contributed by atoms with Crippen molar-refractivity contribution in [1.29, 1.82) is 0 Å². The Hall–Kier alpha value is -0.240. The van der Waals surface area contributed by atoms with Crippen LogP contribution in [-0.4, -0.2) is 23.4 Å². The van der Waals surface area contributed by atoms with Crippen molar-refractivity contribution in [2.24, 2.45) is 5.92 Å². The SMILES string of the molecule is CC(Cl)C1CCN(Cc2ccccc2Cl)CC1. The van der Waals surface area contributed by atoms with Crippen LogP contribution in [0.3, 0.4) is 0 Å². The molecular formula is C14H19Cl2N. The van der Waals surface area contributed by atoms with Gasteiger partial charge in [-0.05, 0) is 50.4 Å². The van der Waals surface area contributed by atoms with Gasteiger partial charge in [-0.1, -0.05) is 29.8 Å². The highest BCUT2D eigenvalue weighted by Gasteiger charge is 2.22. The molecule has 2 rings (SSSR count). The zero-order valence-corrected chi connectivity index (χ0v) is 11.7. The Bertz CT molecular complexity index is 357. The van der Waals surface area contributed by atoms with Crippen LogP contribution in [-0.2, 0) is 6.54 Å². The van der Waals surface area contributed by atoms with Gasteiger partial charge in [0.15, 0.2) is 0 Å². The molecule has 0 bridgehead atoms. The van der Waals surface area contributed by atoms with Crippen LogP contribution in [0.15, 0.2) is 24.3 Å². The number of alkyl halides is 1. The summed E-state index contributed by atoms with van der Waals surface area (Å²) in [5, 5.41) is 1.18. The maximum atomic E-state index is 6.17. The Balaban J connectivity index is 1.88. The van der Waals surface area contributed by atoms with E-state index in [1.807, 2.05) is 12.1 Å². The largest absolute Gasteiger partial charge is 0.299 e. The van der Waals surface area contributed by atoms with E-state index in [1.165, 1.54) is 18.4 Å². The lowest BCUT2D eigenvalue weighted by molar-refractivity contribution is 0.176. The van der Waals surface area contributed by atoms with Gasteiger partial charge < -0.3 is 0 Å². The zero-order valence-electron chi connectivity index (χ0n) is 10.2. The van der Waals surface area contributed by atoms with E-state index in [4.69, 9.17) is 23.2 Å². The Morgan fingerprint density at radius 3 is 2.53 bits per heavy atom. The highest BCUT2D eigenvalue weighted by Crippen LogP contribution is 2.26. The topological polar surface area (TPSA) is 3.24 Å². The Morgan fingerprint density at radius 1 is 1.29 bits per heavy atom. The molecule has 1 aliphatic rings. The molecule has 1 aliphatic heterocycles. The van der Waals surface area contributed by atoms with Gasteiger partial charge in [0, 0.05) is 16.9 Å². The summed E-state index contributed by atoms with van der Waals surface area (Å²) in [7, 11) is 0. The maximum absolute atomic E-state index is 6.17. The van der Waals surface area contributed by atoms with Crippen molar-refractivity contribution in [3.8, 4) is 0 Å². The van der Waals surface area contributed by atoms with Crippen LogP contribution in [0.4, 0.5) is 0 Å². The summed E-state index contributed by atoms with van der Waals surface area (Å²) in [6.07, 6.45) is 2.41. The molecule has 1 atom stereocenters. The molecule has 0 saturated carbocycles. The first kappa shape index (κ1) is 13.2. The second-order valence-corrected chi connectivity index (χ2v) is 5.98. The minimum absolute atomic E-state index is 0.303. The summed E-state index contributed by atoms with van der Waals surface area (Å²) < 4.78 is 0. The van der Waals surface area contributed by atoms with E-state index in [0.29, 0.717) is 11.3 Å². The molecule has 1 nitrogen and oxygen atoms in total. The van der Waals surface area contributed by atoms with Gasteiger partial charge in [-0.25, -0.2) is 0 Å². The van der Waals surface area contributed by atoms with Crippen LogP contribution in [0.5, 0.6) is 0 Å². The summed E-state index contributed by atoms with van der Waals surface area (Å²) in [5.74, 6) is 0.680. The minimum atomic E-state index is 0.303. The standard InChI is InChI=1S/C14H19Cl2N/c1-11(15)12-6-8-17(9-7-12)10-13-4-2-3-5-14(13)16/h2-5,11-12H,6-10H2,1H3. The molecule has 1 unspecified atom stereocenters. The highest BCUT2D eigenvalue weighted by atomic mass is 35.5. The molecule has 0 aliphatic carbocycles. The van der Waals surface area contributed by atoms with Gasteiger partial charge in [-0.3, -0.25) is 4.90 Å². The van der Waals surface area contributed by atoms with Crippen molar-refractivity contribution in [2.45, 2.75) is 31.7 Å². The van der Waals surface area contributed by atoms with Crippen LogP contribution < -0.4 is 0 Å². The molecule has 1 heterocycles. The van der Waals surface area contributed by atoms with Gasteiger partial charge in [-0.2, -0.15) is 0 Å². The van der Waals surface area contributed by atoms with E-state index in [2.05, 4.69) is 24.0 Å². The molecule has 3 heteroatoms. The van der Waals surface area contributed by atoms with Crippen molar-refractivity contribution in [3.05, 3.63) is 34.9 Å². The summed E-state index contributed by atoms with van der Waals surface area (Å²) in [6, 6.07) is 8.10. The summed E-state index contributed by atoms with van der Waals surface area (Å²) in [4.78, 5) is 2.47. The first-order valence-electron chi connectivity index (χ1n) is 6.26. The Kier molecular flexibility index (Phi) is 4.72. The van der Waals surface area contributed by atoms with Crippen LogP contribution in [0.2, 0.25) is 5.02 Å². The van der Waals surface area contributed by atoms with Crippen LogP contribution in [0.25, 0.3) is 0 Å². The molecule has 0 radical (unpaired) electrons. The molecule has 17 heavy (non-hydrogen) atoms. The number of rotatable bonds is 3. The molecule has 0 aromatic heterocycles. The third kappa shape index (κ3) is 3.61. The summed E-state index contributed by atoms with van der Waals surface area (Å²) in [5.41, 5.74) is 1.23. The quantitative estimate of drug-likeness (QED) is 0.746. The highest BCUT2D eigenvalue weighted by molar-refractivity contribution is 6.31. The number of hydrogen-bond acceptors (Lipinski definition) is 1. The van der Waals surface area contributed by atoms with Gasteiger partial charge in [0.2, 0.25) is 0 Å². The van der Waals surface area contributed by atoms with Gasteiger partial charge in [0.05, 0.1) is 0 Å². The lowest BCUT2D eigenvalue weighted by Gasteiger charge is -2.33. The average molecular weight is 272 g/mol. The molecule has 1 aromatic rings. The third-order valence-corrected chi connectivity index (χ3v) is 4.36. The molecular weight excluding hydrogens is 253 g/mol. The number of halogens is 2. The second-order valence-electron chi connectivity index (χ2n) is 4.88. The summed E-state index contributed by atoms with van der Waals surface area (Å²) in [6.45, 7) is 5.33. The van der Waals surface area contributed by atoms with Crippen molar-refractivity contribution in [3.63, 3.8) is 0 Å². The predicted octanol–water partition coefficient (Wildman–Crippen LogP) is 4.18.